The monoisotopic (exact) mass is 355 g/mol. The quantitative estimate of drug-likeness (QED) is 0.663. The lowest BCUT2D eigenvalue weighted by Crippen LogP contribution is -2.34. The van der Waals surface area contributed by atoms with Gasteiger partial charge in [0.05, 0.1) is 17.4 Å². The molecule has 1 aromatic heterocycles. The number of rotatable bonds is 3. The second-order valence-corrected chi connectivity index (χ2v) is 7.29. The molecule has 0 spiro atoms. The largest absolute Gasteiger partial charge is 0.489 e. The summed E-state index contributed by atoms with van der Waals surface area (Å²) in [6, 6.07) is 7.67. The highest BCUT2D eigenvalue weighted by Gasteiger charge is 2.19. The van der Waals surface area contributed by atoms with Gasteiger partial charge >= 0.3 is 0 Å². The second kappa shape index (κ2) is 6.72. The highest BCUT2D eigenvalue weighted by molar-refractivity contribution is 5.92. The maximum Gasteiger partial charge on any atom is 0.200 e. The predicted molar refractivity (Wildman–Crippen MR) is 100 cm³/mol. The Hall–Kier alpha value is -2.40. The zero-order valence-electron chi connectivity index (χ0n) is 15.0. The molecule has 0 N–H and O–H groups in total. The summed E-state index contributed by atoms with van der Waals surface area (Å²) in [6.07, 6.45) is 2.30. The molecule has 0 radical (unpaired) electrons. The van der Waals surface area contributed by atoms with Crippen molar-refractivity contribution in [2.75, 3.05) is 26.7 Å². The third-order valence-electron chi connectivity index (χ3n) is 5.04. The second-order valence-electron chi connectivity index (χ2n) is 7.29. The molecule has 5 heteroatoms. The lowest BCUT2D eigenvalue weighted by atomic mass is 9.99. The van der Waals surface area contributed by atoms with Crippen LogP contribution in [0.3, 0.4) is 0 Å². The van der Waals surface area contributed by atoms with E-state index >= 15 is 0 Å². The first-order chi connectivity index (χ1) is 12.5. The van der Waals surface area contributed by atoms with Crippen molar-refractivity contribution >= 4 is 21.9 Å². The number of aryl methyl sites for hydroxylation is 1. The van der Waals surface area contributed by atoms with Gasteiger partial charge in [-0.3, -0.25) is 4.79 Å². The molecule has 4 rings (SSSR count). The molecule has 1 unspecified atom stereocenters. The number of nitrogens with zero attached hydrogens (tertiary/aromatic N) is 1. The minimum Gasteiger partial charge on any atom is -0.489 e. The standard InChI is InChI=1S/C21H22FNO3/c1-13-8-17-20(24)16-6-5-15(22)10-18(16)26-21(17)19(9-13)25-12-14-4-3-7-23(2)11-14/h5-6,8-10,14H,3-4,7,11-12H2,1-2H3. The summed E-state index contributed by atoms with van der Waals surface area (Å²) in [7, 11) is 2.12. The van der Waals surface area contributed by atoms with Crippen LogP contribution in [0.25, 0.3) is 21.9 Å². The molecule has 1 fully saturated rings. The molecule has 0 bridgehead atoms. The molecule has 0 amide bonds. The van der Waals surface area contributed by atoms with Crippen LogP contribution in [0.1, 0.15) is 18.4 Å². The molecule has 2 aromatic carbocycles. The van der Waals surface area contributed by atoms with E-state index in [4.69, 9.17) is 9.15 Å². The molecule has 4 nitrogen and oxygen atoms in total. The maximum absolute atomic E-state index is 13.6. The van der Waals surface area contributed by atoms with E-state index < -0.39 is 5.82 Å². The molecule has 1 atom stereocenters. The Morgan fingerprint density at radius 1 is 1.27 bits per heavy atom. The lowest BCUT2D eigenvalue weighted by molar-refractivity contribution is 0.150. The number of likely N-dealkylation sites (tertiary alicyclic amines) is 1. The average molecular weight is 355 g/mol. The van der Waals surface area contributed by atoms with Gasteiger partial charge in [0, 0.05) is 18.5 Å². The number of hydrogen-bond donors (Lipinski definition) is 0. The molecule has 26 heavy (non-hydrogen) atoms. The lowest BCUT2D eigenvalue weighted by Gasteiger charge is -2.29. The van der Waals surface area contributed by atoms with E-state index in [9.17, 15) is 9.18 Å². The van der Waals surface area contributed by atoms with Crippen molar-refractivity contribution in [2.24, 2.45) is 5.92 Å². The highest BCUT2D eigenvalue weighted by Crippen LogP contribution is 2.30. The molecule has 0 aliphatic carbocycles. The fraction of sp³-hybridized carbons (Fsp3) is 0.381. The van der Waals surface area contributed by atoms with Crippen molar-refractivity contribution in [2.45, 2.75) is 19.8 Å². The zero-order chi connectivity index (χ0) is 18.3. The van der Waals surface area contributed by atoms with Gasteiger partial charge in [-0.15, -0.1) is 0 Å². The van der Waals surface area contributed by atoms with Crippen molar-refractivity contribution < 1.29 is 13.5 Å². The molecular weight excluding hydrogens is 333 g/mol. The van der Waals surface area contributed by atoms with Crippen molar-refractivity contribution in [1.29, 1.82) is 0 Å². The summed E-state index contributed by atoms with van der Waals surface area (Å²) in [5, 5.41) is 0.851. The fourth-order valence-corrected chi connectivity index (χ4v) is 3.76. The first kappa shape index (κ1) is 17.0. The fourth-order valence-electron chi connectivity index (χ4n) is 3.76. The van der Waals surface area contributed by atoms with Crippen molar-refractivity contribution in [1.82, 2.24) is 4.90 Å². The smallest absolute Gasteiger partial charge is 0.200 e. The number of fused-ring (bicyclic) bond motifs is 2. The van der Waals surface area contributed by atoms with Crippen molar-refractivity contribution in [3.8, 4) is 5.75 Å². The molecule has 1 aliphatic heterocycles. The van der Waals surface area contributed by atoms with Gasteiger partial charge in [-0.1, -0.05) is 0 Å². The summed E-state index contributed by atoms with van der Waals surface area (Å²) in [5.41, 5.74) is 1.41. The summed E-state index contributed by atoms with van der Waals surface area (Å²) in [6.45, 7) is 4.63. The van der Waals surface area contributed by atoms with E-state index in [1.807, 2.05) is 13.0 Å². The molecule has 1 aliphatic rings. The summed E-state index contributed by atoms with van der Waals surface area (Å²) in [5.74, 6) is 0.574. The predicted octanol–water partition coefficient (Wildman–Crippen LogP) is 4.11. The van der Waals surface area contributed by atoms with Gasteiger partial charge in [0.1, 0.15) is 11.4 Å². The Morgan fingerprint density at radius 2 is 2.12 bits per heavy atom. The number of benzene rings is 2. The van der Waals surface area contributed by atoms with Gasteiger partial charge in [0.15, 0.2) is 11.3 Å². The summed E-state index contributed by atoms with van der Waals surface area (Å²) in [4.78, 5) is 15.1. The minimum atomic E-state index is -0.431. The topological polar surface area (TPSA) is 42.7 Å². The third-order valence-corrected chi connectivity index (χ3v) is 5.04. The average Bonchev–Trinajstić information content (AvgIpc) is 2.60. The van der Waals surface area contributed by atoms with Crippen molar-refractivity contribution in [3.63, 3.8) is 0 Å². The van der Waals surface area contributed by atoms with Crippen LogP contribution in [0.2, 0.25) is 0 Å². The number of hydrogen-bond acceptors (Lipinski definition) is 4. The van der Waals surface area contributed by atoms with Crippen LogP contribution < -0.4 is 10.2 Å². The van der Waals surface area contributed by atoms with Crippen LogP contribution in [-0.2, 0) is 0 Å². The Morgan fingerprint density at radius 3 is 2.92 bits per heavy atom. The van der Waals surface area contributed by atoms with Crippen LogP contribution in [0.4, 0.5) is 4.39 Å². The van der Waals surface area contributed by atoms with Gasteiger partial charge in [-0.2, -0.15) is 0 Å². The highest BCUT2D eigenvalue weighted by atomic mass is 19.1. The summed E-state index contributed by atoms with van der Waals surface area (Å²) >= 11 is 0. The zero-order valence-corrected chi connectivity index (χ0v) is 15.0. The van der Waals surface area contributed by atoms with Crippen LogP contribution in [-0.4, -0.2) is 31.6 Å². The normalized spacial score (nSPS) is 18.5. The van der Waals surface area contributed by atoms with Crippen molar-refractivity contribution in [3.05, 3.63) is 51.9 Å². The number of piperidine rings is 1. The van der Waals surface area contributed by atoms with Gasteiger partial charge in [-0.25, -0.2) is 4.39 Å². The molecule has 1 saturated heterocycles. The molecule has 0 saturated carbocycles. The summed E-state index contributed by atoms with van der Waals surface area (Å²) < 4.78 is 25.5. The van der Waals surface area contributed by atoms with Crippen LogP contribution >= 0.6 is 0 Å². The Balaban J connectivity index is 1.76. The number of halogens is 1. The first-order valence-electron chi connectivity index (χ1n) is 8.99. The van der Waals surface area contributed by atoms with Gasteiger partial charge in [0.2, 0.25) is 5.43 Å². The van der Waals surface area contributed by atoms with E-state index in [-0.39, 0.29) is 11.0 Å². The number of ether oxygens (including phenoxy) is 1. The maximum atomic E-state index is 13.6. The Kier molecular flexibility index (Phi) is 4.41. The van der Waals surface area contributed by atoms with E-state index in [1.165, 1.54) is 18.2 Å². The van der Waals surface area contributed by atoms with Crippen LogP contribution in [0.15, 0.2) is 39.5 Å². The van der Waals surface area contributed by atoms with E-state index in [2.05, 4.69) is 11.9 Å². The van der Waals surface area contributed by atoms with Gasteiger partial charge in [-0.05, 0) is 63.2 Å². The van der Waals surface area contributed by atoms with E-state index in [0.717, 1.165) is 31.5 Å². The van der Waals surface area contributed by atoms with Crippen LogP contribution in [0.5, 0.6) is 5.75 Å². The SMILES string of the molecule is Cc1cc(OCC2CCCN(C)C2)c2oc3cc(F)ccc3c(=O)c2c1. The molecule has 136 valence electrons. The third kappa shape index (κ3) is 3.19. The van der Waals surface area contributed by atoms with E-state index in [1.54, 1.807) is 6.07 Å². The van der Waals surface area contributed by atoms with Gasteiger partial charge < -0.3 is 14.1 Å². The van der Waals surface area contributed by atoms with E-state index in [0.29, 0.717) is 34.6 Å². The van der Waals surface area contributed by atoms with Crippen LogP contribution in [0, 0.1) is 18.7 Å². The molecular formula is C21H22FNO3. The molecule has 3 aromatic rings. The first-order valence-corrected chi connectivity index (χ1v) is 8.99. The van der Waals surface area contributed by atoms with Gasteiger partial charge in [0.25, 0.3) is 0 Å². The molecule has 2 heterocycles. The Bertz CT molecular complexity index is 1030. The Labute approximate surface area is 151 Å². The minimum absolute atomic E-state index is 0.160.